The van der Waals surface area contributed by atoms with E-state index in [9.17, 15) is 13.6 Å². The second kappa shape index (κ2) is 4.11. The lowest BCUT2D eigenvalue weighted by Crippen LogP contribution is -2.00. The minimum absolute atomic E-state index is 0.174. The van der Waals surface area contributed by atoms with Gasteiger partial charge in [-0.1, -0.05) is 11.6 Å². The molecular formula is C8H3ClF2N2O. The summed E-state index contributed by atoms with van der Waals surface area (Å²) in [4.78, 5) is 13.7. The van der Waals surface area contributed by atoms with Gasteiger partial charge in [-0.25, -0.2) is 8.78 Å². The van der Waals surface area contributed by atoms with Crippen molar-refractivity contribution >= 4 is 17.9 Å². The van der Waals surface area contributed by atoms with E-state index in [1.807, 2.05) is 0 Å². The van der Waals surface area contributed by atoms with Gasteiger partial charge < -0.3 is 0 Å². The predicted molar refractivity (Wildman–Crippen MR) is 44.3 cm³/mol. The van der Waals surface area contributed by atoms with E-state index in [0.717, 1.165) is 6.20 Å². The van der Waals surface area contributed by atoms with E-state index in [4.69, 9.17) is 16.9 Å². The summed E-state index contributed by atoms with van der Waals surface area (Å²) >= 11 is 5.49. The summed E-state index contributed by atoms with van der Waals surface area (Å²) < 4.78 is 24.8. The van der Waals surface area contributed by atoms with Crippen molar-refractivity contribution in [2.24, 2.45) is 0 Å². The molecule has 0 aliphatic heterocycles. The molecule has 0 radical (unpaired) electrons. The number of nitrogens with zero attached hydrogens (tertiary/aromatic N) is 2. The summed E-state index contributed by atoms with van der Waals surface area (Å²) in [6, 6.07) is 1.60. The summed E-state index contributed by atoms with van der Waals surface area (Å²) in [5, 5.41) is 8.06. The van der Waals surface area contributed by atoms with Gasteiger partial charge in [0.2, 0.25) is 0 Å². The van der Waals surface area contributed by atoms with Gasteiger partial charge in [0, 0.05) is 6.20 Å². The Labute approximate surface area is 82.9 Å². The summed E-state index contributed by atoms with van der Waals surface area (Å²) in [6.45, 7) is 0. The number of rotatable bonds is 2. The minimum atomic E-state index is -2.93. The maximum absolute atomic E-state index is 12.4. The first-order valence-electron chi connectivity index (χ1n) is 3.43. The fourth-order valence-corrected chi connectivity index (χ4v) is 1.17. The first-order valence-corrected chi connectivity index (χ1v) is 3.81. The maximum atomic E-state index is 12.4. The molecule has 0 N–H and O–H groups in total. The molecule has 0 saturated carbocycles. The third-order valence-corrected chi connectivity index (χ3v) is 1.94. The minimum Gasteiger partial charge on any atom is -0.296 e. The van der Waals surface area contributed by atoms with Crippen LogP contribution < -0.4 is 0 Å². The van der Waals surface area contributed by atoms with Crippen LogP contribution in [0.3, 0.4) is 0 Å². The van der Waals surface area contributed by atoms with E-state index in [1.54, 1.807) is 6.07 Å². The highest BCUT2D eigenvalue weighted by atomic mass is 35.5. The normalized spacial score (nSPS) is 9.93. The summed E-state index contributed by atoms with van der Waals surface area (Å²) in [5.41, 5.74) is -1.31. The monoisotopic (exact) mass is 216 g/mol. The first-order chi connectivity index (χ1) is 6.61. The average molecular weight is 217 g/mol. The number of hydrogen-bond acceptors (Lipinski definition) is 3. The van der Waals surface area contributed by atoms with Gasteiger partial charge in [-0.3, -0.25) is 9.78 Å². The molecule has 0 amide bonds. The van der Waals surface area contributed by atoms with Crippen molar-refractivity contribution in [3.63, 3.8) is 0 Å². The van der Waals surface area contributed by atoms with Crippen LogP contribution in [0.5, 0.6) is 0 Å². The molecule has 72 valence electrons. The van der Waals surface area contributed by atoms with Crippen LogP contribution in [0.2, 0.25) is 5.02 Å². The van der Waals surface area contributed by atoms with Gasteiger partial charge in [0.05, 0.1) is 16.1 Å². The number of carbonyl (C=O) groups excluding carboxylic acids is 1. The van der Waals surface area contributed by atoms with E-state index in [1.165, 1.54) is 0 Å². The van der Waals surface area contributed by atoms with E-state index < -0.39 is 22.7 Å². The molecule has 0 aliphatic carbocycles. The predicted octanol–water partition coefficient (Wildman–Crippen LogP) is 2.36. The number of nitriles is 1. The van der Waals surface area contributed by atoms with Gasteiger partial charge in [0.1, 0.15) is 11.8 Å². The fourth-order valence-electron chi connectivity index (χ4n) is 0.897. The Kier molecular flexibility index (Phi) is 3.10. The van der Waals surface area contributed by atoms with Gasteiger partial charge in [0.15, 0.2) is 6.29 Å². The second-order valence-corrected chi connectivity index (χ2v) is 2.69. The molecule has 1 heterocycles. The molecule has 0 unspecified atom stereocenters. The standard InChI is InChI=1S/C8H3ClF2N2O/c9-7-4(1-12)2-13-5(3-14)6(7)8(10)11/h2-3,8H. The van der Waals surface area contributed by atoms with Crippen molar-refractivity contribution < 1.29 is 13.6 Å². The van der Waals surface area contributed by atoms with Gasteiger partial charge in [-0.2, -0.15) is 5.26 Å². The van der Waals surface area contributed by atoms with E-state index in [2.05, 4.69) is 4.98 Å². The van der Waals surface area contributed by atoms with Crippen molar-refractivity contribution in [1.82, 2.24) is 4.98 Å². The lowest BCUT2D eigenvalue weighted by Gasteiger charge is -2.05. The molecule has 0 fully saturated rings. The molecule has 1 aromatic heterocycles. The van der Waals surface area contributed by atoms with Crippen LogP contribution in [0.15, 0.2) is 6.20 Å². The molecule has 14 heavy (non-hydrogen) atoms. The molecule has 1 rings (SSSR count). The van der Waals surface area contributed by atoms with Crippen molar-refractivity contribution in [3.05, 3.63) is 28.0 Å². The van der Waals surface area contributed by atoms with Crippen LogP contribution in [-0.2, 0) is 0 Å². The van der Waals surface area contributed by atoms with Crippen LogP contribution in [0.1, 0.15) is 28.0 Å². The Hall–Kier alpha value is -1.54. The van der Waals surface area contributed by atoms with Crippen molar-refractivity contribution in [1.29, 1.82) is 5.26 Å². The quantitative estimate of drug-likeness (QED) is 0.713. The molecular weight excluding hydrogens is 214 g/mol. The van der Waals surface area contributed by atoms with Crippen LogP contribution in [-0.4, -0.2) is 11.3 Å². The summed E-state index contributed by atoms with van der Waals surface area (Å²) in [6.07, 6.45) is -1.77. The van der Waals surface area contributed by atoms with Crippen LogP contribution >= 0.6 is 11.6 Å². The summed E-state index contributed by atoms with van der Waals surface area (Å²) in [7, 11) is 0. The highest BCUT2D eigenvalue weighted by Crippen LogP contribution is 2.30. The molecule has 3 nitrogen and oxygen atoms in total. The Balaban J connectivity index is 3.48. The van der Waals surface area contributed by atoms with Gasteiger partial charge in [-0.15, -0.1) is 0 Å². The number of alkyl halides is 2. The van der Waals surface area contributed by atoms with Crippen LogP contribution in [0, 0.1) is 11.3 Å². The third kappa shape index (κ3) is 1.70. The Morgan fingerprint density at radius 1 is 1.64 bits per heavy atom. The Morgan fingerprint density at radius 2 is 2.29 bits per heavy atom. The zero-order chi connectivity index (χ0) is 10.7. The van der Waals surface area contributed by atoms with E-state index in [0.29, 0.717) is 0 Å². The smallest absolute Gasteiger partial charge is 0.267 e. The molecule has 1 aromatic rings. The highest BCUT2D eigenvalue weighted by Gasteiger charge is 2.20. The zero-order valence-corrected chi connectivity index (χ0v) is 7.42. The number of pyridine rings is 1. The number of halogens is 3. The number of carbonyl (C=O) groups is 1. The first kappa shape index (κ1) is 10.5. The topological polar surface area (TPSA) is 53.8 Å². The van der Waals surface area contributed by atoms with E-state index in [-0.39, 0.29) is 11.8 Å². The molecule has 0 aliphatic rings. The number of aldehydes is 1. The number of hydrogen-bond donors (Lipinski definition) is 0. The Morgan fingerprint density at radius 3 is 2.71 bits per heavy atom. The molecule has 0 aromatic carbocycles. The van der Waals surface area contributed by atoms with Crippen LogP contribution in [0.25, 0.3) is 0 Å². The molecule has 0 bridgehead atoms. The van der Waals surface area contributed by atoms with Crippen molar-refractivity contribution in [2.45, 2.75) is 6.43 Å². The molecule has 6 heteroatoms. The lowest BCUT2D eigenvalue weighted by molar-refractivity contribution is 0.110. The molecule has 0 atom stereocenters. The van der Waals surface area contributed by atoms with Gasteiger partial charge >= 0.3 is 0 Å². The van der Waals surface area contributed by atoms with Crippen molar-refractivity contribution in [3.8, 4) is 6.07 Å². The maximum Gasteiger partial charge on any atom is 0.267 e. The second-order valence-electron chi connectivity index (χ2n) is 2.32. The fraction of sp³-hybridized carbons (Fsp3) is 0.125. The SMILES string of the molecule is N#Cc1cnc(C=O)c(C(F)F)c1Cl. The highest BCUT2D eigenvalue weighted by molar-refractivity contribution is 6.32. The molecule has 0 spiro atoms. The zero-order valence-electron chi connectivity index (χ0n) is 6.67. The van der Waals surface area contributed by atoms with Gasteiger partial charge in [0.25, 0.3) is 6.43 Å². The largest absolute Gasteiger partial charge is 0.296 e. The van der Waals surface area contributed by atoms with Crippen LogP contribution in [0.4, 0.5) is 8.78 Å². The number of aromatic nitrogens is 1. The van der Waals surface area contributed by atoms with Crippen molar-refractivity contribution in [2.75, 3.05) is 0 Å². The Bertz CT molecular complexity index is 415. The van der Waals surface area contributed by atoms with Gasteiger partial charge in [-0.05, 0) is 0 Å². The average Bonchev–Trinajstić information content (AvgIpc) is 2.16. The molecule has 0 saturated heterocycles. The lowest BCUT2D eigenvalue weighted by atomic mass is 10.1. The third-order valence-electron chi connectivity index (χ3n) is 1.53. The van der Waals surface area contributed by atoms with E-state index >= 15 is 0 Å². The summed E-state index contributed by atoms with van der Waals surface area (Å²) in [5.74, 6) is 0.